The molecule has 0 atom stereocenters. The molecule has 1 rings (SSSR count). The summed E-state index contributed by atoms with van der Waals surface area (Å²) in [5.74, 6) is 0.717. The molecule has 0 saturated carbocycles. The van der Waals surface area contributed by atoms with Gasteiger partial charge in [-0.1, -0.05) is 13.3 Å². The van der Waals surface area contributed by atoms with Crippen molar-refractivity contribution in [2.45, 2.75) is 26.7 Å². The average Bonchev–Trinajstić information content (AvgIpc) is 2.12. The fraction of sp³-hybridized carbons (Fsp3) is 0.500. The zero-order chi connectivity index (χ0) is 9.68. The van der Waals surface area contributed by atoms with E-state index < -0.39 is 0 Å². The number of rotatable bonds is 4. The molecule has 0 aromatic carbocycles. The van der Waals surface area contributed by atoms with Gasteiger partial charge >= 0.3 is 0 Å². The molecule has 0 amide bonds. The first kappa shape index (κ1) is 10.5. The Balaban J connectivity index is 2.53. The van der Waals surface area contributed by atoms with Crippen LogP contribution in [-0.2, 0) is 0 Å². The monoisotopic (exact) mass is 243 g/mol. The topological polar surface area (TPSA) is 22.1 Å². The molecule has 0 aliphatic carbocycles. The van der Waals surface area contributed by atoms with Gasteiger partial charge in [-0.3, -0.25) is 0 Å². The van der Waals surface area contributed by atoms with Gasteiger partial charge in [-0.05, 0) is 35.3 Å². The van der Waals surface area contributed by atoms with Crippen LogP contribution >= 0.6 is 15.9 Å². The second-order valence-electron chi connectivity index (χ2n) is 2.92. The lowest BCUT2D eigenvalue weighted by Crippen LogP contribution is -1.99. The van der Waals surface area contributed by atoms with Crippen LogP contribution in [-0.4, -0.2) is 11.6 Å². The Labute approximate surface area is 87.5 Å². The summed E-state index contributed by atoms with van der Waals surface area (Å²) in [5, 5.41) is 0. The standard InChI is InChI=1S/C10H14BrNO/c1-3-4-7-13-10-6-5-9(11)8(2)12-10/h5-6H,3-4,7H2,1-2H3. The van der Waals surface area contributed by atoms with Crippen LogP contribution in [0.5, 0.6) is 5.88 Å². The number of unbranched alkanes of at least 4 members (excludes halogenated alkanes) is 1. The first-order valence-electron chi connectivity index (χ1n) is 4.50. The molecule has 0 N–H and O–H groups in total. The number of aromatic nitrogens is 1. The van der Waals surface area contributed by atoms with Crippen LogP contribution in [0.1, 0.15) is 25.5 Å². The highest BCUT2D eigenvalue weighted by molar-refractivity contribution is 9.10. The fourth-order valence-corrected chi connectivity index (χ4v) is 1.14. The highest BCUT2D eigenvalue weighted by atomic mass is 79.9. The number of aryl methyl sites for hydroxylation is 1. The molecule has 0 aliphatic rings. The molecule has 0 fully saturated rings. The molecule has 72 valence electrons. The van der Waals surface area contributed by atoms with Gasteiger partial charge in [-0.2, -0.15) is 0 Å². The highest BCUT2D eigenvalue weighted by Crippen LogP contribution is 2.17. The minimum atomic E-state index is 0.717. The Morgan fingerprint density at radius 1 is 1.46 bits per heavy atom. The van der Waals surface area contributed by atoms with Gasteiger partial charge in [0.05, 0.1) is 12.3 Å². The van der Waals surface area contributed by atoms with Gasteiger partial charge in [0, 0.05) is 10.5 Å². The lowest BCUT2D eigenvalue weighted by atomic mass is 10.3. The first-order valence-corrected chi connectivity index (χ1v) is 5.29. The summed E-state index contributed by atoms with van der Waals surface area (Å²) in [6.45, 7) is 4.85. The van der Waals surface area contributed by atoms with Crippen molar-refractivity contribution in [3.05, 3.63) is 22.3 Å². The lowest BCUT2D eigenvalue weighted by Gasteiger charge is -2.05. The minimum absolute atomic E-state index is 0.717. The van der Waals surface area contributed by atoms with E-state index in [1.54, 1.807) is 0 Å². The summed E-state index contributed by atoms with van der Waals surface area (Å²) in [4.78, 5) is 4.28. The molecule has 1 aromatic rings. The summed E-state index contributed by atoms with van der Waals surface area (Å²) in [6, 6.07) is 3.84. The van der Waals surface area contributed by atoms with Crippen LogP contribution in [0.3, 0.4) is 0 Å². The average molecular weight is 244 g/mol. The van der Waals surface area contributed by atoms with E-state index in [0.717, 1.165) is 29.6 Å². The Morgan fingerprint density at radius 2 is 2.23 bits per heavy atom. The third kappa shape index (κ3) is 3.35. The highest BCUT2D eigenvalue weighted by Gasteiger charge is 1.98. The molecular weight excluding hydrogens is 230 g/mol. The number of hydrogen-bond acceptors (Lipinski definition) is 2. The molecule has 0 aliphatic heterocycles. The summed E-state index contributed by atoms with van der Waals surface area (Å²) in [6.07, 6.45) is 2.23. The van der Waals surface area contributed by atoms with Crippen LogP contribution in [0.2, 0.25) is 0 Å². The molecule has 0 saturated heterocycles. The molecule has 0 spiro atoms. The molecule has 1 heterocycles. The molecule has 13 heavy (non-hydrogen) atoms. The molecule has 0 unspecified atom stereocenters. The van der Waals surface area contributed by atoms with Crippen LogP contribution < -0.4 is 4.74 Å². The molecule has 1 aromatic heterocycles. The summed E-state index contributed by atoms with van der Waals surface area (Å²) < 4.78 is 6.47. The number of ether oxygens (including phenoxy) is 1. The number of nitrogens with zero attached hydrogens (tertiary/aromatic N) is 1. The Morgan fingerprint density at radius 3 is 2.85 bits per heavy atom. The largest absolute Gasteiger partial charge is 0.478 e. The van der Waals surface area contributed by atoms with Crippen LogP contribution in [0.15, 0.2) is 16.6 Å². The summed E-state index contributed by atoms with van der Waals surface area (Å²) in [7, 11) is 0. The van der Waals surface area contributed by atoms with E-state index in [4.69, 9.17) is 4.74 Å². The normalized spacial score (nSPS) is 10.1. The second kappa shape index (κ2) is 5.22. The number of pyridine rings is 1. The van der Waals surface area contributed by atoms with Gasteiger partial charge in [0.25, 0.3) is 0 Å². The SMILES string of the molecule is CCCCOc1ccc(Br)c(C)n1. The van der Waals surface area contributed by atoms with Crippen molar-refractivity contribution in [1.29, 1.82) is 0 Å². The van der Waals surface area contributed by atoms with E-state index in [2.05, 4.69) is 27.8 Å². The van der Waals surface area contributed by atoms with Crippen molar-refractivity contribution in [1.82, 2.24) is 4.98 Å². The van der Waals surface area contributed by atoms with E-state index in [1.165, 1.54) is 0 Å². The van der Waals surface area contributed by atoms with Crippen LogP contribution in [0, 0.1) is 6.92 Å². The van der Waals surface area contributed by atoms with Crippen molar-refractivity contribution >= 4 is 15.9 Å². The quantitative estimate of drug-likeness (QED) is 0.758. The Bertz CT molecular complexity index is 276. The lowest BCUT2D eigenvalue weighted by molar-refractivity contribution is 0.297. The number of halogens is 1. The maximum atomic E-state index is 5.45. The van der Waals surface area contributed by atoms with E-state index in [0.29, 0.717) is 5.88 Å². The smallest absolute Gasteiger partial charge is 0.213 e. The van der Waals surface area contributed by atoms with Crippen molar-refractivity contribution in [3.63, 3.8) is 0 Å². The molecule has 0 radical (unpaired) electrons. The number of hydrogen-bond donors (Lipinski definition) is 0. The van der Waals surface area contributed by atoms with Crippen LogP contribution in [0.25, 0.3) is 0 Å². The van der Waals surface area contributed by atoms with Crippen molar-refractivity contribution < 1.29 is 4.74 Å². The summed E-state index contributed by atoms with van der Waals surface area (Å²) in [5.41, 5.74) is 0.967. The molecular formula is C10H14BrNO. The fourth-order valence-electron chi connectivity index (χ4n) is 0.922. The second-order valence-corrected chi connectivity index (χ2v) is 3.77. The maximum absolute atomic E-state index is 5.45. The maximum Gasteiger partial charge on any atom is 0.213 e. The van der Waals surface area contributed by atoms with Crippen molar-refractivity contribution in [3.8, 4) is 5.88 Å². The van der Waals surface area contributed by atoms with Gasteiger partial charge in [0.2, 0.25) is 5.88 Å². The minimum Gasteiger partial charge on any atom is -0.478 e. The zero-order valence-electron chi connectivity index (χ0n) is 8.01. The molecule has 0 bridgehead atoms. The van der Waals surface area contributed by atoms with E-state index in [9.17, 15) is 0 Å². The van der Waals surface area contributed by atoms with Gasteiger partial charge < -0.3 is 4.74 Å². The van der Waals surface area contributed by atoms with Crippen LogP contribution in [0.4, 0.5) is 0 Å². The van der Waals surface area contributed by atoms with Gasteiger partial charge in [-0.15, -0.1) is 0 Å². The van der Waals surface area contributed by atoms with E-state index in [1.807, 2.05) is 19.1 Å². The Kier molecular flexibility index (Phi) is 4.22. The van der Waals surface area contributed by atoms with Gasteiger partial charge in [0.1, 0.15) is 0 Å². The van der Waals surface area contributed by atoms with Crippen molar-refractivity contribution in [2.24, 2.45) is 0 Å². The predicted molar refractivity (Wildman–Crippen MR) is 57.1 cm³/mol. The van der Waals surface area contributed by atoms with Crippen molar-refractivity contribution in [2.75, 3.05) is 6.61 Å². The zero-order valence-corrected chi connectivity index (χ0v) is 9.60. The third-order valence-corrected chi connectivity index (χ3v) is 2.58. The summed E-state index contributed by atoms with van der Waals surface area (Å²) >= 11 is 3.39. The predicted octanol–water partition coefficient (Wildman–Crippen LogP) is 3.33. The first-order chi connectivity index (χ1) is 6.24. The van der Waals surface area contributed by atoms with E-state index >= 15 is 0 Å². The molecule has 2 nitrogen and oxygen atoms in total. The van der Waals surface area contributed by atoms with Gasteiger partial charge in [-0.25, -0.2) is 4.98 Å². The Hall–Kier alpha value is -0.570. The van der Waals surface area contributed by atoms with E-state index in [-0.39, 0.29) is 0 Å². The third-order valence-electron chi connectivity index (χ3n) is 1.74. The van der Waals surface area contributed by atoms with Gasteiger partial charge in [0.15, 0.2) is 0 Å². The molecule has 3 heteroatoms.